The summed E-state index contributed by atoms with van der Waals surface area (Å²) in [6.45, 7) is 18.9. The number of unbranched alkanes of at least 4 members (excludes halogenated alkanes) is 6. The lowest BCUT2D eigenvalue weighted by Crippen LogP contribution is -2.59. The number of phenols is 2. The van der Waals surface area contributed by atoms with Gasteiger partial charge in [-0.05, 0) is 229 Å². The molecule has 0 spiro atoms. The quantitative estimate of drug-likeness (QED) is 0.0167. The van der Waals surface area contributed by atoms with E-state index in [2.05, 4.69) is 71.3 Å². The number of benzene rings is 2. The van der Waals surface area contributed by atoms with Gasteiger partial charge >= 0.3 is 12.1 Å². The molecule has 27 heteroatoms. The third-order valence-electron chi connectivity index (χ3n) is 29.9. The normalized spacial score (nSPS) is 30.9. The van der Waals surface area contributed by atoms with Crippen LogP contribution in [-0.4, -0.2) is 194 Å². The van der Waals surface area contributed by atoms with Crippen molar-refractivity contribution in [3.05, 3.63) is 41.0 Å². The molecule has 118 heavy (non-hydrogen) atoms. The molecule has 5 amide bonds. The van der Waals surface area contributed by atoms with E-state index in [1.54, 1.807) is 0 Å². The largest absolute Gasteiger partial charge is 0.507 e. The molecule has 0 radical (unpaired) electrons. The second-order valence-electron chi connectivity index (χ2n) is 37.3. The van der Waals surface area contributed by atoms with E-state index in [4.69, 9.17) is 49.4 Å². The van der Waals surface area contributed by atoms with Crippen LogP contribution in [0.2, 0.25) is 0 Å². The molecule has 0 heterocycles. The first-order chi connectivity index (χ1) is 56.1. The van der Waals surface area contributed by atoms with Crippen molar-refractivity contribution in [2.75, 3.05) is 85.5 Å². The number of hydrogen-bond acceptors (Lipinski definition) is 22. The Hall–Kier alpha value is -6.72. The maximum atomic E-state index is 13.4. The highest BCUT2D eigenvalue weighted by Crippen LogP contribution is 2.71. The number of hydrogen-bond donors (Lipinski definition) is 11. The van der Waals surface area contributed by atoms with Crippen molar-refractivity contribution in [1.82, 2.24) is 10.6 Å². The van der Waals surface area contributed by atoms with Crippen molar-refractivity contribution in [1.29, 1.82) is 0 Å². The summed E-state index contributed by atoms with van der Waals surface area (Å²) >= 11 is 0. The van der Waals surface area contributed by atoms with Crippen LogP contribution in [0.1, 0.15) is 274 Å². The number of Topliss-reactive ketones (excluding diaryl/α,β-unsaturated/α-hetero) is 2. The number of alkyl carbamates (subject to hydrolysis) is 1. The van der Waals surface area contributed by atoms with E-state index in [-0.39, 0.29) is 201 Å². The summed E-state index contributed by atoms with van der Waals surface area (Å²) in [6, 6.07) is 5.73. The van der Waals surface area contributed by atoms with Gasteiger partial charge < -0.3 is 96.0 Å². The first-order valence-electron chi connectivity index (χ1n) is 44.3. The van der Waals surface area contributed by atoms with Gasteiger partial charge in [-0.25, -0.2) is 4.79 Å². The van der Waals surface area contributed by atoms with Gasteiger partial charge in [0.25, 0.3) is 11.8 Å². The van der Waals surface area contributed by atoms with Crippen LogP contribution in [0.25, 0.3) is 0 Å². The number of fused-ring (bicyclic) bond motifs is 10. The number of methoxy groups -OCH3 is 2. The van der Waals surface area contributed by atoms with Crippen LogP contribution in [0.3, 0.4) is 0 Å². The standard InChI is InChI=1S/C46H72N2O11.C45H71N3O11/c1-6-7-8-9-18-46(4,55)38-13-11-33-32-27-37(35-26-30(49)16-19-44(35,2)34(32)17-20-45(33,38)3)59-40(52)15-14-39(51)48-21-22-57-23-24-58-28-31(50)25-29-10-12-36(56-5)41(42(29)53)43(47)54;1-6-7-8-9-18-45(4,55)37-15-12-31-30-25-35(50)33-24-29(16-19-43(33,2)32(30)17-20-44(31,37)3)59-42(54)47-26-28(49)11-10-21-57-22-23-58-27-38(51)48-34-13-14-36(56-5)39(40(34)52)41(46)53/h10,12,30,32-35,37-38,49,53,55H,6-9,11,13-28H2,1-5H3,(H2,47,54)(H,48,51);13-14,29-33,35,37,50,52,55H,6-12,15-27H2,1-5H3,(H2,46,53)(H,47,54)(H,48,51)/t30-,32-,33-,34-,35+,37-,38-,44+,45-,46-;29-,30-,31-,32-,33+,35-,37-,43+,44-,45-/m00/s1. The minimum absolute atomic E-state index is 0.00616. The van der Waals surface area contributed by atoms with E-state index < -0.39 is 58.7 Å². The summed E-state index contributed by atoms with van der Waals surface area (Å²) in [4.78, 5) is 99.3. The van der Waals surface area contributed by atoms with Crippen LogP contribution in [0.4, 0.5) is 10.5 Å². The summed E-state index contributed by atoms with van der Waals surface area (Å²) < 4.78 is 43.9. The molecular weight excluding hydrogens is 1520 g/mol. The smallest absolute Gasteiger partial charge is 0.407 e. The number of amides is 5. The van der Waals surface area contributed by atoms with Crippen molar-refractivity contribution < 1.29 is 107 Å². The zero-order valence-corrected chi connectivity index (χ0v) is 72.3. The van der Waals surface area contributed by atoms with Crippen LogP contribution in [-0.2, 0) is 58.8 Å². The summed E-state index contributed by atoms with van der Waals surface area (Å²) in [7, 11) is 2.67. The van der Waals surface area contributed by atoms with Crippen LogP contribution in [0.5, 0.6) is 23.0 Å². The van der Waals surface area contributed by atoms with Gasteiger partial charge in [0.05, 0.1) is 89.3 Å². The van der Waals surface area contributed by atoms with Crippen molar-refractivity contribution in [3.8, 4) is 23.0 Å². The molecular formula is C91H143N5O22. The highest BCUT2D eigenvalue weighted by Gasteiger charge is 2.66. The molecule has 8 aliphatic carbocycles. The fraction of sp³-hybridized carbons (Fsp3) is 0.780. The Kier molecular flexibility index (Phi) is 34.6. The second-order valence-corrected chi connectivity index (χ2v) is 37.3. The number of ketones is 2. The van der Waals surface area contributed by atoms with Crippen LogP contribution in [0.15, 0.2) is 24.3 Å². The Morgan fingerprint density at radius 1 is 0.508 bits per heavy atom. The number of rotatable bonds is 43. The predicted molar refractivity (Wildman–Crippen MR) is 444 cm³/mol. The first kappa shape index (κ1) is 95.1. The van der Waals surface area contributed by atoms with Gasteiger partial charge in [-0.3, -0.25) is 33.6 Å². The summed E-state index contributed by atoms with van der Waals surface area (Å²) in [5.74, 6) is -0.683. The van der Waals surface area contributed by atoms with Gasteiger partial charge in [0, 0.05) is 43.9 Å². The number of ether oxygens (including phenoxy) is 8. The van der Waals surface area contributed by atoms with Crippen molar-refractivity contribution in [2.45, 2.75) is 290 Å². The van der Waals surface area contributed by atoms with Crippen molar-refractivity contribution in [3.63, 3.8) is 0 Å². The van der Waals surface area contributed by atoms with E-state index >= 15 is 0 Å². The van der Waals surface area contributed by atoms with E-state index in [0.717, 1.165) is 122 Å². The van der Waals surface area contributed by atoms with E-state index in [1.807, 2.05) is 0 Å². The van der Waals surface area contributed by atoms with Crippen LogP contribution >= 0.6 is 0 Å². The molecule has 0 aromatic heterocycles. The lowest BCUT2D eigenvalue weighted by molar-refractivity contribution is -0.197. The maximum absolute atomic E-state index is 13.4. The fourth-order valence-electron chi connectivity index (χ4n) is 24.1. The minimum atomic E-state index is -0.906. The number of carbonyl (C=O) groups excluding carboxylic acids is 8. The Labute approximate surface area is 699 Å². The Balaban J connectivity index is 0.000000269. The first-order valence-corrected chi connectivity index (χ1v) is 44.3. The molecule has 0 unspecified atom stereocenters. The number of esters is 1. The fourth-order valence-corrected chi connectivity index (χ4v) is 24.1. The van der Waals surface area contributed by atoms with E-state index in [9.17, 15) is 69.0 Å². The Morgan fingerprint density at radius 3 is 1.64 bits per heavy atom. The molecule has 2 aromatic carbocycles. The third kappa shape index (κ3) is 23.1. The SMILES string of the molecule is CCCCCC[C@](C)(O)[C@H]1CC[C@H]2[C@@H]3C[C@H](O)[C@H]4C[C@@H](OC(=O)NCC(=O)CCCOCCOCC(=O)Nc5ccc(OC)c(C(N)=O)c5O)CC[C@]4(C)[C@H]3CC[C@@]21C.CCCCCC[C@](C)(O)[C@H]1CC[C@H]2[C@@H]3C[C@H](OC(=O)CCC(=O)NCCOCCOCC(=O)Cc4ccc(OC)c(C(N)=O)c4O)[C@H]4C[C@@H](O)CC[C@]4(C)[C@H]3CC[C@@]21C. The maximum Gasteiger partial charge on any atom is 0.407 e. The third-order valence-corrected chi connectivity index (χ3v) is 29.9. The molecule has 8 fully saturated rings. The molecule has 20 atom stereocenters. The predicted octanol–water partition coefficient (Wildman–Crippen LogP) is 12.1. The molecule has 0 saturated heterocycles. The summed E-state index contributed by atoms with van der Waals surface area (Å²) in [5, 5.41) is 74.7. The number of nitrogens with one attached hydrogen (secondary N) is 3. The minimum Gasteiger partial charge on any atom is -0.507 e. The number of carbonyl (C=O) groups is 8. The highest BCUT2D eigenvalue weighted by molar-refractivity contribution is 6.03. The molecule has 664 valence electrons. The molecule has 10 rings (SSSR count). The molecule has 0 aliphatic heterocycles. The Morgan fingerprint density at radius 2 is 1.04 bits per heavy atom. The zero-order valence-electron chi connectivity index (χ0n) is 72.3. The number of aromatic hydroxyl groups is 2. The number of nitrogens with two attached hydrogens (primary N) is 2. The molecule has 8 saturated carbocycles. The molecule has 8 aliphatic rings. The monoisotopic (exact) mass is 1660 g/mol. The van der Waals surface area contributed by atoms with Gasteiger partial charge in [-0.1, -0.05) is 99.0 Å². The topological polar surface area (TPSA) is 420 Å². The summed E-state index contributed by atoms with van der Waals surface area (Å²) in [5.41, 5.74) is 9.15. The molecule has 13 N–H and O–H groups in total. The van der Waals surface area contributed by atoms with Gasteiger partial charge in [0.1, 0.15) is 53.8 Å². The Bertz CT molecular complexity index is 3700. The lowest BCUT2D eigenvalue weighted by atomic mass is 9.43. The number of anilines is 1. The second kappa shape index (κ2) is 42.9. The van der Waals surface area contributed by atoms with E-state index in [1.165, 1.54) is 70.6 Å². The summed E-state index contributed by atoms with van der Waals surface area (Å²) in [6.07, 6.45) is 24.2. The van der Waals surface area contributed by atoms with Crippen molar-refractivity contribution in [2.24, 2.45) is 92.3 Å². The van der Waals surface area contributed by atoms with Crippen molar-refractivity contribution >= 4 is 52.9 Å². The molecule has 0 bridgehead atoms. The van der Waals surface area contributed by atoms with Gasteiger partial charge in [0.2, 0.25) is 11.8 Å². The van der Waals surface area contributed by atoms with Gasteiger partial charge in [-0.15, -0.1) is 0 Å². The average Bonchev–Trinajstić information content (AvgIpc) is 1.41. The number of primary amides is 2. The highest BCUT2D eigenvalue weighted by atomic mass is 16.6. The zero-order chi connectivity index (χ0) is 85.9. The van der Waals surface area contributed by atoms with Gasteiger partial charge in [0.15, 0.2) is 17.3 Å². The number of aliphatic hydroxyl groups is 4. The number of aliphatic hydroxyl groups excluding tert-OH is 2. The van der Waals surface area contributed by atoms with E-state index in [0.29, 0.717) is 60.7 Å². The molecule has 27 nitrogen and oxygen atoms in total. The average molecular weight is 1660 g/mol. The van der Waals surface area contributed by atoms with Crippen LogP contribution in [0, 0.1) is 80.8 Å². The molecule has 2 aromatic rings. The lowest BCUT2D eigenvalue weighted by Gasteiger charge is -2.63. The van der Waals surface area contributed by atoms with Gasteiger partial charge in [-0.2, -0.15) is 0 Å². The van der Waals surface area contributed by atoms with Crippen LogP contribution < -0.4 is 36.9 Å².